The molecule has 29 heavy (non-hydrogen) atoms. The summed E-state index contributed by atoms with van der Waals surface area (Å²) in [7, 11) is 0. The average Bonchev–Trinajstić information content (AvgIpc) is 2.75. The Kier molecular flexibility index (Phi) is 5.93. The van der Waals surface area contributed by atoms with Crippen molar-refractivity contribution in [3.8, 4) is 11.1 Å². The summed E-state index contributed by atoms with van der Waals surface area (Å²) in [4.78, 5) is 15.4. The summed E-state index contributed by atoms with van der Waals surface area (Å²) in [5, 5.41) is 0.736. The summed E-state index contributed by atoms with van der Waals surface area (Å²) < 4.78 is 13.9. The van der Waals surface area contributed by atoms with Gasteiger partial charge in [0.2, 0.25) is 0 Å². The van der Waals surface area contributed by atoms with Gasteiger partial charge in [-0.2, -0.15) is 0 Å². The standard InChI is InChI=1S/C24H22ClFN2O/c25-21-8-5-18(6-9-21)23-4-2-1-3-19(23)16-27-11-13-28(14-12-27)22-10-7-20(17-29)24(26)15-22/h1-10,15,17H,11-14,16H2. The van der Waals surface area contributed by atoms with Crippen molar-refractivity contribution in [3.63, 3.8) is 0 Å². The van der Waals surface area contributed by atoms with Gasteiger partial charge in [-0.15, -0.1) is 0 Å². The molecule has 1 heterocycles. The summed E-state index contributed by atoms with van der Waals surface area (Å²) in [6.45, 7) is 4.30. The van der Waals surface area contributed by atoms with Gasteiger partial charge >= 0.3 is 0 Å². The van der Waals surface area contributed by atoms with Gasteiger partial charge in [-0.05, 0) is 47.0 Å². The summed E-state index contributed by atoms with van der Waals surface area (Å²) >= 11 is 6.03. The molecule has 0 unspecified atom stereocenters. The van der Waals surface area contributed by atoms with Crippen molar-refractivity contribution >= 4 is 23.6 Å². The molecule has 0 saturated carbocycles. The number of aldehydes is 1. The second-order valence-corrected chi connectivity index (χ2v) is 7.69. The Labute approximate surface area is 175 Å². The van der Waals surface area contributed by atoms with Gasteiger partial charge in [-0.25, -0.2) is 4.39 Å². The number of carbonyl (C=O) groups is 1. The Hall–Kier alpha value is -2.69. The van der Waals surface area contributed by atoms with Gasteiger partial charge < -0.3 is 4.90 Å². The Balaban J connectivity index is 1.43. The summed E-state index contributed by atoms with van der Waals surface area (Å²) in [6, 6.07) is 21.2. The van der Waals surface area contributed by atoms with Crippen LogP contribution in [-0.4, -0.2) is 37.4 Å². The lowest BCUT2D eigenvalue weighted by Crippen LogP contribution is -2.46. The normalized spacial score (nSPS) is 14.8. The zero-order chi connectivity index (χ0) is 20.2. The number of benzene rings is 3. The predicted molar refractivity (Wildman–Crippen MR) is 116 cm³/mol. The number of nitrogens with zero attached hydrogens (tertiary/aromatic N) is 2. The molecule has 0 aliphatic carbocycles. The molecular formula is C24H22ClFN2O. The molecule has 0 spiro atoms. The van der Waals surface area contributed by atoms with Crippen LogP contribution in [0.15, 0.2) is 66.7 Å². The molecule has 3 aromatic carbocycles. The number of hydrogen-bond acceptors (Lipinski definition) is 3. The fraction of sp³-hybridized carbons (Fsp3) is 0.208. The van der Waals surface area contributed by atoms with E-state index in [0.29, 0.717) is 6.29 Å². The molecule has 1 fully saturated rings. The zero-order valence-corrected chi connectivity index (χ0v) is 16.8. The van der Waals surface area contributed by atoms with Crippen LogP contribution in [0.4, 0.5) is 10.1 Å². The predicted octanol–water partition coefficient (Wildman–Crippen LogP) is 5.28. The smallest absolute Gasteiger partial charge is 0.152 e. The van der Waals surface area contributed by atoms with Gasteiger partial charge in [0.1, 0.15) is 5.82 Å². The Bertz CT molecular complexity index is 998. The SMILES string of the molecule is O=Cc1ccc(N2CCN(Cc3ccccc3-c3ccc(Cl)cc3)CC2)cc1F. The monoisotopic (exact) mass is 408 g/mol. The van der Waals surface area contributed by atoms with E-state index in [2.05, 4.69) is 46.2 Å². The van der Waals surface area contributed by atoms with Crippen molar-refractivity contribution in [2.24, 2.45) is 0 Å². The first kappa shape index (κ1) is 19.6. The van der Waals surface area contributed by atoms with Gasteiger partial charge in [0, 0.05) is 43.4 Å². The molecule has 0 radical (unpaired) electrons. The van der Waals surface area contributed by atoms with E-state index in [-0.39, 0.29) is 5.56 Å². The van der Waals surface area contributed by atoms with Crippen LogP contribution in [0.2, 0.25) is 5.02 Å². The van der Waals surface area contributed by atoms with Crippen molar-refractivity contribution < 1.29 is 9.18 Å². The highest BCUT2D eigenvalue weighted by atomic mass is 35.5. The number of rotatable bonds is 5. The topological polar surface area (TPSA) is 23.6 Å². The second kappa shape index (κ2) is 8.76. The molecule has 5 heteroatoms. The van der Waals surface area contributed by atoms with Crippen molar-refractivity contribution in [2.75, 3.05) is 31.1 Å². The van der Waals surface area contributed by atoms with E-state index in [4.69, 9.17) is 11.6 Å². The molecule has 0 bridgehead atoms. The van der Waals surface area contributed by atoms with Gasteiger partial charge in [-0.1, -0.05) is 48.0 Å². The zero-order valence-electron chi connectivity index (χ0n) is 16.0. The maximum atomic E-state index is 13.9. The Morgan fingerprint density at radius 3 is 2.34 bits per heavy atom. The summed E-state index contributed by atoms with van der Waals surface area (Å²) in [6.07, 6.45) is 0.551. The van der Waals surface area contributed by atoms with Crippen LogP contribution in [0.25, 0.3) is 11.1 Å². The highest BCUT2D eigenvalue weighted by molar-refractivity contribution is 6.30. The van der Waals surface area contributed by atoms with Gasteiger partial charge in [0.25, 0.3) is 0 Å². The molecule has 4 rings (SSSR count). The number of hydrogen-bond donors (Lipinski definition) is 0. The van der Waals surface area contributed by atoms with E-state index in [1.807, 2.05) is 18.2 Å². The van der Waals surface area contributed by atoms with Crippen molar-refractivity contribution in [2.45, 2.75) is 6.54 Å². The van der Waals surface area contributed by atoms with Crippen LogP contribution in [-0.2, 0) is 6.54 Å². The van der Waals surface area contributed by atoms with E-state index in [1.165, 1.54) is 17.2 Å². The summed E-state index contributed by atoms with van der Waals surface area (Å²) in [5.41, 5.74) is 4.60. The Morgan fingerprint density at radius 2 is 1.66 bits per heavy atom. The molecular weight excluding hydrogens is 387 g/mol. The summed E-state index contributed by atoms with van der Waals surface area (Å²) in [5.74, 6) is -0.461. The van der Waals surface area contributed by atoms with Gasteiger partial charge in [0.15, 0.2) is 6.29 Å². The van der Waals surface area contributed by atoms with E-state index in [0.717, 1.165) is 49.0 Å². The number of piperazine rings is 1. The molecule has 1 aliphatic rings. The molecule has 148 valence electrons. The maximum Gasteiger partial charge on any atom is 0.152 e. The number of anilines is 1. The van der Waals surface area contributed by atoms with Crippen molar-refractivity contribution in [3.05, 3.63) is 88.7 Å². The molecule has 3 aromatic rings. The van der Waals surface area contributed by atoms with E-state index >= 15 is 0 Å². The molecule has 0 N–H and O–H groups in total. The minimum Gasteiger partial charge on any atom is -0.369 e. The van der Waals surface area contributed by atoms with Crippen LogP contribution in [0, 0.1) is 5.82 Å². The third kappa shape index (κ3) is 4.50. The third-order valence-electron chi connectivity index (χ3n) is 5.41. The lowest BCUT2D eigenvalue weighted by Gasteiger charge is -2.36. The number of halogens is 2. The van der Waals surface area contributed by atoms with Gasteiger partial charge in [-0.3, -0.25) is 9.69 Å². The Morgan fingerprint density at radius 1 is 0.931 bits per heavy atom. The lowest BCUT2D eigenvalue weighted by molar-refractivity contribution is 0.112. The molecule has 1 aliphatic heterocycles. The molecule has 1 saturated heterocycles. The quantitative estimate of drug-likeness (QED) is 0.536. The lowest BCUT2D eigenvalue weighted by atomic mass is 9.99. The fourth-order valence-electron chi connectivity index (χ4n) is 3.78. The van der Waals surface area contributed by atoms with E-state index < -0.39 is 5.82 Å². The first-order chi connectivity index (χ1) is 14.1. The van der Waals surface area contributed by atoms with Gasteiger partial charge in [0.05, 0.1) is 5.56 Å². The fourth-order valence-corrected chi connectivity index (χ4v) is 3.91. The second-order valence-electron chi connectivity index (χ2n) is 7.25. The first-order valence-corrected chi connectivity index (χ1v) is 10.1. The molecule has 0 amide bonds. The average molecular weight is 409 g/mol. The van der Waals surface area contributed by atoms with Crippen LogP contribution < -0.4 is 4.90 Å². The number of carbonyl (C=O) groups excluding carboxylic acids is 1. The molecule has 0 aromatic heterocycles. The van der Waals surface area contributed by atoms with E-state index in [1.54, 1.807) is 6.07 Å². The minimum absolute atomic E-state index is 0.103. The van der Waals surface area contributed by atoms with Crippen LogP contribution in [0.5, 0.6) is 0 Å². The molecule has 3 nitrogen and oxygen atoms in total. The van der Waals surface area contributed by atoms with Crippen LogP contribution in [0.1, 0.15) is 15.9 Å². The largest absolute Gasteiger partial charge is 0.369 e. The highest BCUT2D eigenvalue weighted by Gasteiger charge is 2.19. The van der Waals surface area contributed by atoms with Crippen LogP contribution >= 0.6 is 11.6 Å². The van der Waals surface area contributed by atoms with Crippen molar-refractivity contribution in [1.29, 1.82) is 0 Å². The van der Waals surface area contributed by atoms with Crippen LogP contribution in [0.3, 0.4) is 0 Å². The van der Waals surface area contributed by atoms with Crippen molar-refractivity contribution in [1.82, 2.24) is 4.90 Å². The molecule has 0 atom stereocenters. The third-order valence-corrected chi connectivity index (χ3v) is 5.67. The maximum absolute atomic E-state index is 13.9. The van der Waals surface area contributed by atoms with E-state index in [9.17, 15) is 9.18 Å². The first-order valence-electron chi connectivity index (χ1n) is 9.70. The minimum atomic E-state index is -0.461. The highest BCUT2D eigenvalue weighted by Crippen LogP contribution is 2.27.